The first-order valence-electron chi connectivity index (χ1n) is 19.3. The van der Waals surface area contributed by atoms with E-state index in [0.717, 1.165) is 22.7 Å². The van der Waals surface area contributed by atoms with Gasteiger partial charge < -0.3 is 9.47 Å². The molecule has 12 rings (SSSR count). The minimum Gasteiger partial charge on any atom is -0.310 e. The van der Waals surface area contributed by atoms with Gasteiger partial charge in [-0.3, -0.25) is 0 Å². The first kappa shape index (κ1) is 31.0. The fourth-order valence-corrected chi connectivity index (χ4v) is 9.34. The lowest BCUT2D eigenvalue weighted by atomic mass is 9.97. The van der Waals surface area contributed by atoms with Crippen LogP contribution < -0.4 is 4.90 Å². The molecule has 0 atom stereocenters. The summed E-state index contributed by atoms with van der Waals surface area (Å²) in [4.78, 5) is 2.44. The quantitative estimate of drug-likeness (QED) is 0.161. The molecule has 260 valence electrons. The van der Waals surface area contributed by atoms with Crippen molar-refractivity contribution in [2.75, 3.05) is 4.90 Å². The summed E-state index contributed by atoms with van der Waals surface area (Å²) in [6, 6.07) is 75.9. The highest BCUT2D eigenvalue weighted by molar-refractivity contribution is 6.16. The van der Waals surface area contributed by atoms with E-state index < -0.39 is 0 Å². The van der Waals surface area contributed by atoms with Gasteiger partial charge in [0.05, 0.1) is 11.0 Å². The molecule has 0 fully saturated rings. The lowest BCUT2D eigenvalue weighted by Gasteiger charge is -2.27. The molecule has 2 nitrogen and oxygen atoms in total. The first-order valence-corrected chi connectivity index (χ1v) is 19.3. The molecule has 0 radical (unpaired) electrons. The number of nitrogens with zero attached hydrogens (tertiary/aromatic N) is 2. The summed E-state index contributed by atoms with van der Waals surface area (Å²) in [6.45, 7) is 0. The molecule has 1 aromatic heterocycles. The molecule has 0 unspecified atom stereocenters. The van der Waals surface area contributed by atoms with Gasteiger partial charge in [-0.25, -0.2) is 0 Å². The standard InChI is InChI=1S/C54H34N2/c1-2-15-40(16-3-1)56-52-22-7-6-19-47(52)48-30-27-43(34-53(48)56)55(42-26-29-46-49-20-9-12-36-13-10-21-50(54(36)49)51(46)33-42)41-17-8-14-37(32-41)38-25-28-45-39(31-38)24-23-35-11-4-5-18-44(35)45/h1-34H. The molecule has 0 N–H and O–H groups in total. The maximum absolute atomic E-state index is 2.44. The predicted octanol–water partition coefficient (Wildman–Crippen LogP) is 15.0. The van der Waals surface area contributed by atoms with Crippen LogP contribution in [0.5, 0.6) is 0 Å². The summed E-state index contributed by atoms with van der Waals surface area (Å²) < 4.78 is 2.40. The van der Waals surface area contributed by atoms with Gasteiger partial charge in [0.1, 0.15) is 0 Å². The van der Waals surface area contributed by atoms with Crippen LogP contribution >= 0.6 is 0 Å². The Bertz CT molecular complexity index is 3370. The predicted molar refractivity (Wildman–Crippen MR) is 238 cm³/mol. The number of fused-ring (bicyclic) bond motifs is 9. The van der Waals surface area contributed by atoms with E-state index in [9.17, 15) is 0 Å². The molecule has 1 aliphatic carbocycles. The third kappa shape index (κ3) is 4.63. The topological polar surface area (TPSA) is 8.17 Å². The second kappa shape index (κ2) is 12.0. The average Bonchev–Trinajstić information content (AvgIpc) is 3.77. The molecule has 56 heavy (non-hydrogen) atoms. The summed E-state index contributed by atoms with van der Waals surface area (Å²) in [5.74, 6) is 0. The minimum atomic E-state index is 1.10. The van der Waals surface area contributed by atoms with Crippen LogP contribution in [0, 0.1) is 0 Å². The van der Waals surface area contributed by atoms with E-state index in [1.165, 1.54) is 87.5 Å². The van der Waals surface area contributed by atoms with Crippen molar-refractivity contribution in [1.29, 1.82) is 0 Å². The Kier molecular flexibility index (Phi) is 6.66. The van der Waals surface area contributed by atoms with E-state index in [1.54, 1.807) is 0 Å². The molecule has 0 spiro atoms. The summed E-state index contributed by atoms with van der Waals surface area (Å²) >= 11 is 0. The third-order valence-electron chi connectivity index (χ3n) is 11.9. The SMILES string of the molecule is c1ccc(-n2c3ccccc3c3ccc(N(c4cccc(-c5ccc6c(ccc7ccccc76)c5)c4)c4ccc5c(c4)-c4cccc6cccc-5c46)cc32)cc1. The van der Waals surface area contributed by atoms with E-state index >= 15 is 0 Å². The molecule has 1 heterocycles. The van der Waals surface area contributed by atoms with Gasteiger partial charge in [-0.2, -0.15) is 0 Å². The molecule has 0 aliphatic heterocycles. The molecule has 0 saturated carbocycles. The van der Waals surface area contributed by atoms with Crippen molar-refractivity contribution in [2.24, 2.45) is 0 Å². The number of hydrogen-bond acceptors (Lipinski definition) is 1. The highest BCUT2D eigenvalue weighted by Crippen LogP contribution is 2.50. The zero-order valence-corrected chi connectivity index (χ0v) is 30.5. The van der Waals surface area contributed by atoms with Crippen molar-refractivity contribution in [1.82, 2.24) is 4.57 Å². The van der Waals surface area contributed by atoms with E-state index in [2.05, 4.69) is 216 Å². The summed E-state index contributed by atoms with van der Waals surface area (Å²) in [5.41, 5.74) is 14.4. The Morgan fingerprint density at radius 2 is 0.929 bits per heavy atom. The van der Waals surface area contributed by atoms with Crippen LogP contribution in [0.15, 0.2) is 206 Å². The van der Waals surface area contributed by atoms with Gasteiger partial charge in [-0.15, -0.1) is 0 Å². The molecule has 0 bridgehead atoms. The van der Waals surface area contributed by atoms with Crippen molar-refractivity contribution in [3.05, 3.63) is 206 Å². The maximum Gasteiger partial charge on any atom is 0.0561 e. The van der Waals surface area contributed by atoms with Gasteiger partial charge in [0.15, 0.2) is 0 Å². The zero-order chi connectivity index (χ0) is 36.7. The second-order valence-corrected chi connectivity index (χ2v) is 14.9. The van der Waals surface area contributed by atoms with Crippen molar-refractivity contribution in [3.8, 4) is 39.1 Å². The van der Waals surface area contributed by atoms with Crippen molar-refractivity contribution >= 4 is 71.2 Å². The lowest BCUT2D eigenvalue weighted by Crippen LogP contribution is -2.10. The third-order valence-corrected chi connectivity index (χ3v) is 11.9. The molecular weight excluding hydrogens is 677 g/mol. The van der Waals surface area contributed by atoms with Crippen molar-refractivity contribution in [3.63, 3.8) is 0 Å². The van der Waals surface area contributed by atoms with Crippen molar-refractivity contribution < 1.29 is 0 Å². The highest BCUT2D eigenvalue weighted by Gasteiger charge is 2.24. The largest absolute Gasteiger partial charge is 0.310 e. The fourth-order valence-electron chi connectivity index (χ4n) is 9.34. The summed E-state index contributed by atoms with van der Waals surface area (Å²) in [7, 11) is 0. The minimum absolute atomic E-state index is 1.10. The van der Waals surface area contributed by atoms with Gasteiger partial charge in [0.25, 0.3) is 0 Å². The fraction of sp³-hybridized carbons (Fsp3) is 0. The number of para-hydroxylation sites is 2. The molecule has 11 aromatic rings. The van der Waals surface area contributed by atoms with E-state index in [1.807, 2.05) is 0 Å². The molecule has 0 saturated heterocycles. The molecule has 0 amide bonds. The van der Waals surface area contributed by atoms with Gasteiger partial charge in [0.2, 0.25) is 0 Å². The van der Waals surface area contributed by atoms with Crippen LogP contribution in [-0.4, -0.2) is 4.57 Å². The number of benzene rings is 10. The van der Waals surface area contributed by atoms with E-state index in [-0.39, 0.29) is 0 Å². The summed E-state index contributed by atoms with van der Waals surface area (Å²) in [5, 5.41) is 10.2. The molecule has 10 aromatic carbocycles. The van der Waals surface area contributed by atoms with Crippen LogP contribution in [0.4, 0.5) is 17.1 Å². The summed E-state index contributed by atoms with van der Waals surface area (Å²) in [6.07, 6.45) is 0. The van der Waals surface area contributed by atoms with Gasteiger partial charge >= 0.3 is 0 Å². The van der Waals surface area contributed by atoms with Crippen LogP contribution in [-0.2, 0) is 0 Å². The average molecular weight is 711 g/mol. The Labute approximate surface area is 324 Å². The van der Waals surface area contributed by atoms with Gasteiger partial charge in [-0.05, 0) is 126 Å². The molecular formula is C54H34N2. The number of anilines is 3. The van der Waals surface area contributed by atoms with Crippen molar-refractivity contribution in [2.45, 2.75) is 0 Å². The maximum atomic E-state index is 2.44. The number of hydrogen-bond donors (Lipinski definition) is 0. The smallest absolute Gasteiger partial charge is 0.0561 e. The first-order chi connectivity index (χ1) is 27.8. The van der Waals surface area contributed by atoms with Gasteiger partial charge in [-0.1, -0.05) is 146 Å². The number of aromatic nitrogens is 1. The Hall–Kier alpha value is -7.42. The monoisotopic (exact) mass is 710 g/mol. The lowest BCUT2D eigenvalue weighted by molar-refractivity contribution is 1.18. The highest BCUT2D eigenvalue weighted by atomic mass is 15.1. The Morgan fingerprint density at radius 3 is 1.82 bits per heavy atom. The van der Waals surface area contributed by atoms with Gasteiger partial charge in [0, 0.05) is 33.5 Å². The van der Waals surface area contributed by atoms with Crippen LogP contribution in [0.3, 0.4) is 0 Å². The van der Waals surface area contributed by atoms with E-state index in [4.69, 9.17) is 0 Å². The molecule has 1 aliphatic rings. The normalized spacial score (nSPS) is 11.9. The Morgan fingerprint density at radius 1 is 0.304 bits per heavy atom. The Balaban J connectivity index is 1.07. The zero-order valence-electron chi connectivity index (χ0n) is 30.5. The second-order valence-electron chi connectivity index (χ2n) is 14.9. The van der Waals surface area contributed by atoms with Crippen LogP contribution in [0.1, 0.15) is 0 Å². The molecule has 2 heteroatoms. The van der Waals surface area contributed by atoms with E-state index in [0.29, 0.717) is 0 Å². The number of rotatable bonds is 5. The van der Waals surface area contributed by atoms with Crippen LogP contribution in [0.2, 0.25) is 0 Å². The van der Waals surface area contributed by atoms with Crippen LogP contribution in [0.25, 0.3) is 93.2 Å².